The molecule has 2 N–H and O–H groups in total. The van der Waals surface area contributed by atoms with E-state index >= 15 is 0 Å². The number of hydrogen-bond donors (Lipinski definition) is 2. The van der Waals surface area contributed by atoms with Crippen molar-refractivity contribution in [3.05, 3.63) is 71.0 Å². The van der Waals surface area contributed by atoms with Gasteiger partial charge in [-0.05, 0) is 48.7 Å². The minimum atomic E-state index is 0.685. The third-order valence-electron chi connectivity index (χ3n) is 4.01. The molecule has 1 aromatic heterocycles. The molecular formula is C20H21ClN4O. The molecule has 0 unspecified atom stereocenters. The number of nitrogens with one attached hydrogen (secondary N) is 2. The van der Waals surface area contributed by atoms with E-state index in [1.807, 2.05) is 43.3 Å². The number of benzene rings is 2. The van der Waals surface area contributed by atoms with Crippen molar-refractivity contribution in [3.63, 3.8) is 0 Å². The second kappa shape index (κ2) is 8.54. The summed E-state index contributed by atoms with van der Waals surface area (Å²) in [5.41, 5.74) is 3.27. The Morgan fingerprint density at radius 3 is 2.54 bits per heavy atom. The molecule has 0 amide bonds. The van der Waals surface area contributed by atoms with E-state index in [2.05, 4.69) is 32.7 Å². The number of halogens is 1. The quantitative estimate of drug-likeness (QED) is 0.624. The van der Waals surface area contributed by atoms with Crippen molar-refractivity contribution in [2.45, 2.75) is 13.3 Å². The van der Waals surface area contributed by atoms with Gasteiger partial charge in [-0.15, -0.1) is 0 Å². The summed E-state index contributed by atoms with van der Waals surface area (Å²) in [6.45, 7) is 2.80. The van der Waals surface area contributed by atoms with Crippen LogP contribution >= 0.6 is 11.6 Å². The van der Waals surface area contributed by atoms with Crippen LogP contribution in [0.2, 0.25) is 5.02 Å². The van der Waals surface area contributed by atoms with E-state index in [0.29, 0.717) is 5.02 Å². The van der Waals surface area contributed by atoms with Crippen LogP contribution in [-0.4, -0.2) is 23.6 Å². The molecule has 0 aliphatic carbocycles. The number of nitrogens with zero attached hydrogens (tertiary/aromatic N) is 2. The maximum Gasteiger partial charge on any atom is 0.135 e. The van der Waals surface area contributed by atoms with Crippen LogP contribution in [0.15, 0.2) is 54.9 Å². The van der Waals surface area contributed by atoms with Crippen molar-refractivity contribution >= 4 is 28.9 Å². The molecule has 0 atom stereocenters. The SMILES string of the molecule is COc1ccc(CCNc2cc(Nc3cc(Cl)ccc3C)ncn2)cc1. The zero-order valence-corrected chi connectivity index (χ0v) is 15.5. The van der Waals surface area contributed by atoms with Crippen LogP contribution in [0.5, 0.6) is 5.75 Å². The van der Waals surface area contributed by atoms with Crippen LogP contribution in [0, 0.1) is 6.92 Å². The van der Waals surface area contributed by atoms with Gasteiger partial charge in [-0.1, -0.05) is 29.8 Å². The van der Waals surface area contributed by atoms with Crippen LogP contribution in [0.3, 0.4) is 0 Å². The van der Waals surface area contributed by atoms with Gasteiger partial charge in [-0.25, -0.2) is 9.97 Å². The third-order valence-corrected chi connectivity index (χ3v) is 4.24. The number of aryl methyl sites for hydroxylation is 1. The Balaban J connectivity index is 1.59. The monoisotopic (exact) mass is 368 g/mol. The van der Waals surface area contributed by atoms with Crippen molar-refractivity contribution in [3.8, 4) is 5.75 Å². The molecule has 6 heteroatoms. The number of anilines is 3. The Kier molecular flexibility index (Phi) is 5.92. The molecule has 1 heterocycles. The fourth-order valence-electron chi connectivity index (χ4n) is 2.52. The Labute approximate surface area is 158 Å². The first-order chi connectivity index (χ1) is 12.6. The third kappa shape index (κ3) is 4.86. The Morgan fingerprint density at radius 1 is 1.00 bits per heavy atom. The molecule has 3 rings (SSSR count). The van der Waals surface area contributed by atoms with Gasteiger partial charge in [0.25, 0.3) is 0 Å². The first-order valence-corrected chi connectivity index (χ1v) is 8.74. The van der Waals surface area contributed by atoms with E-state index < -0.39 is 0 Å². The lowest BCUT2D eigenvalue weighted by Crippen LogP contribution is -2.07. The highest BCUT2D eigenvalue weighted by Crippen LogP contribution is 2.23. The number of rotatable bonds is 7. The van der Waals surface area contributed by atoms with Crippen LogP contribution in [0.1, 0.15) is 11.1 Å². The van der Waals surface area contributed by atoms with Crippen molar-refractivity contribution in [2.24, 2.45) is 0 Å². The standard InChI is InChI=1S/C20H21ClN4O/c1-14-3-6-16(21)11-18(14)25-20-12-19(23-13-24-20)22-10-9-15-4-7-17(26-2)8-5-15/h3-8,11-13H,9-10H2,1-2H3,(H2,22,23,24,25). The van der Waals surface area contributed by atoms with Gasteiger partial charge in [0.1, 0.15) is 23.7 Å². The summed E-state index contributed by atoms with van der Waals surface area (Å²) >= 11 is 6.07. The first kappa shape index (κ1) is 18.0. The highest BCUT2D eigenvalue weighted by Gasteiger charge is 2.03. The van der Waals surface area contributed by atoms with E-state index in [4.69, 9.17) is 16.3 Å². The van der Waals surface area contributed by atoms with Gasteiger partial charge in [0.05, 0.1) is 7.11 Å². The lowest BCUT2D eigenvalue weighted by atomic mass is 10.1. The molecule has 0 aliphatic rings. The average Bonchev–Trinajstić information content (AvgIpc) is 2.66. The van der Waals surface area contributed by atoms with Gasteiger partial charge >= 0.3 is 0 Å². The maximum atomic E-state index is 6.07. The smallest absolute Gasteiger partial charge is 0.135 e. The van der Waals surface area contributed by atoms with E-state index in [9.17, 15) is 0 Å². The predicted octanol–water partition coefficient (Wildman–Crippen LogP) is 4.85. The van der Waals surface area contributed by atoms with E-state index in [-0.39, 0.29) is 0 Å². The summed E-state index contributed by atoms with van der Waals surface area (Å²) in [5, 5.41) is 7.30. The zero-order valence-electron chi connectivity index (χ0n) is 14.8. The molecule has 3 aromatic rings. The van der Waals surface area contributed by atoms with Crippen LogP contribution in [0.25, 0.3) is 0 Å². The fraction of sp³-hybridized carbons (Fsp3) is 0.200. The zero-order chi connectivity index (χ0) is 18.4. The summed E-state index contributed by atoms with van der Waals surface area (Å²) in [5.74, 6) is 2.36. The van der Waals surface area contributed by atoms with Gasteiger partial charge in [0, 0.05) is 23.3 Å². The summed E-state index contributed by atoms with van der Waals surface area (Å²) in [6.07, 6.45) is 2.43. The van der Waals surface area contributed by atoms with Crippen molar-refractivity contribution in [1.82, 2.24) is 9.97 Å². The van der Waals surface area contributed by atoms with Gasteiger partial charge < -0.3 is 15.4 Å². The number of aromatic nitrogens is 2. The molecule has 134 valence electrons. The number of methoxy groups -OCH3 is 1. The highest BCUT2D eigenvalue weighted by atomic mass is 35.5. The minimum absolute atomic E-state index is 0.685. The molecule has 0 bridgehead atoms. The minimum Gasteiger partial charge on any atom is -0.497 e. The molecule has 0 aliphatic heterocycles. The topological polar surface area (TPSA) is 59.1 Å². The summed E-state index contributed by atoms with van der Waals surface area (Å²) < 4.78 is 5.17. The molecule has 26 heavy (non-hydrogen) atoms. The Hall–Kier alpha value is -2.79. The molecule has 0 fully saturated rings. The molecule has 2 aromatic carbocycles. The van der Waals surface area contributed by atoms with Gasteiger partial charge in [-0.3, -0.25) is 0 Å². The van der Waals surface area contributed by atoms with Gasteiger partial charge in [-0.2, -0.15) is 0 Å². The molecular weight excluding hydrogens is 348 g/mol. The van der Waals surface area contributed by atoms with Crippen LogP contribution in [0.4, 0.5) is 17.3 Å². The second-order valence-electron chi connectivity index (χ2n) is 5.90. The number of hydrogen-bond acceptors (Lipinski definition) is 5. The van der Waals surface area contributed by atoms with Gasteiger partial charge in [0.15, 0.2) is 0 Å². The number of ether oxygens (including phenoxy) is 1. The second-order valence-corrected chi connectivity index (χ2v) is 6.33. The summed E-state index contributed by atoms with van der Waals surface area (Å²) in [4.78, 5) is 8.54. The molecule has 0 radical (unpaired) electrons. The normalized spacial score (nSPS) is 10.4. The van der Waals surface area contributed by atoms with Crippen molar-refractivity contribution in [2.75, 3.05) is 24.3 Å². The Morgan fingerprint density at radius 2 is 1.77 bits per heavy atom. The summed E-state index contributed by atoms with van der Waals surface area (Å²) in [6, 6.07) is 15.7. The highest BCUT2D eigenvalue weighted by molar-refractivity contribution is 6.30. The molecule has 0 saturated heterocycles. The fourth-order valence-corrected chi connectivity index (χ4v) is 2.69. The molecule has 0 saturated carbocycles. The van der Waals surface area contributed by atoms with E-state index in [1.165, 1.54) is 11.9 Å². The largest absolute Gasteiger partial charge is 0.497 e. The van der Waals surface area contributed by atoms with Crippen LogP contribution in [-0.2, 0) is 6.42 Å². The lowest BCUT2D eigenvalue weighted by Gasteiger charge is -2.11. The average molecular weight is 369 g/mol. The Bertz CT molecular complexity index is 868. The molecule has 5 nitrogen and oxygen atoms in total. The molecule has 0 spiro atoms. The maximum absolute atomic E-state index is 6.07. The van der Waals surface area contributed by atoms with Crippen LogP contribution < -0.4 is 15.4 Å². The van der Waals surface area contributed by atoms with Crippen molar-refractivity contribution in [1.29, 1.82) is 0 Å². The van der Waals surface area contributed by atoms with E-state index in [0.717, 1.165) is 41.6 Å². The van der Waals surface area contributed by atoms with Gasteiger partial charge in [0.2, 0.25) is 0 Å². The lowest BCUT2D eigenvalue weighted by molar-refractivity contribution is 0.414. The first-order valence-electron chi connectivity index (χ1n) is 8.36. The van der Waals surface area contributed by atoms with E-state index in [1.54, 1.807) is 7.11 Å². The van der Waals surface area contributed by atoms with Crippen molar-refractivity contribution < 1.29 is 4.74 Å². The predicted molar refractivity (Wildman–Crippen MR) is 107 cm³/mol. The summed E-state index contributed by atoms with van der Waals surface area (Å²) in [7, 11) is 1.67.